The Hall–Kier alpha value is -3.39. The van der Waals surface area contributed by atoms with E-state index in [1.54, 1.807) is 60.7 Å². The Morgan fingerprint density at radius 1 is 0.931 bits per heavy atom. The molecule has 0 bridgehead atoms. The number of nitrogens with zero attached hydrogens (tertiary/aromatic N) is 2. The minimum Gasteiger partial charge on any atom is -0.494 e. The van der Waals surface area contributed by atoms with Gasteiger partial charge in [-0.15, -0.1) is 10.2 Å². The van der Waals surface area contributed by atoms with Crippen molar-refractivity contribution in [1.82, 2.24) is 10.2 Å². The molecule has 0 unspecified atom stereocenters. The van der Waals surface area contributed by atoms with Crippen LogP contribution in [0, 0.1) is 0 Å². The third kappa shape index (κ3) is 6.32. The first-order valence-electron chi connectivity index (χ1n) is 8.99. The fraction of sp³-hybridized carbons (Fsp3) is 0.143. The summed E-state index contributed by atoms with van der Waals surface area (Å²) in [6, 6.07) is 19.4. The second-order valence-corrected chi connectivity index (χ2v) is 6.87. The molecular weight excluding hydrogens is 388 g/mol. The molecule has 2 aromatic carbocycles. The molecule has 0 atom stereocenters. The molecule has 0 saturated heterocycles. The van der Waals surface area contributed by atoms with Crippen LogP contribution in [0.3, 0.4) is 0 Å². The van der Waals surface area contributed by atoms with Crippen LogP contribution in [0.25, 0.3) is 0 Å². The lowest BCUT2D eigenvalue weighted by molar-refractivity contribution is -0.113. The van der Waals surface area contributed by atoms with Crippen LogP contribution in [-0.2, 0) is 4.79 Å². The summed E-state index contributed by atoms with van der Waals surface area (Å²) < 4.78 is 5.37. The molecule has 7 nitrogen and oxygen atoms in total. The Kier molecular flexibility index (Phi) is 7.18. The molecule has 0 aliphatic carbocycles. The molecule has 0 aliphatic heterocycles. The van der Waals surface area contributed by atoms with E-state index >= 15 is 0 Å². The summed E-state index contributed by atoms with van der Waals surface area (Å²) in [5.74, 6) is 0.895. The Bertz CT molecular complexity index is 948. The molecule has 3 rings (SSSR count). The highest BCUT2D eigenvalue weighted by Crippen LogP contribution is 2.18. The van der Waals surface area contributed by atoms with Crippen LogP contribution in [0.1, 0.15) is 17.3 Å². The van der Waals surface area contributed by atoms with Gasteiger partial charge in [-0.3, -0.25) is 9.59 Å². The first-order chi connectivity index (χ1) is 14.1. The Morgan fingerprint density at radius 3 is 2.34 bits per heavy atom. The maximum atomic E-state index is 12.1. The summed E-state index contributed by atoms with van der Waals surface area (Å²) in [5, 5.41) is 14.1. The van der Waals surface area contributed by atoms with Gasteiger partial charge in [-0.2, -0.15) is 0 Å². The van der Waals surface area contributed by atoms with Crippen molar-refractivity contribution in [2.45, 2.75) is 11.9 Å². The topological polar surface area (TPSA) is 93.2 Å². The van der Waals surface area contributed by atoms with Gasteiger partial charge in [0.2, 0.25) is 5.91 Å². The molecule has 1 aromatic heterocycles. The van der Waals surface area contributed by atoms with Gasteiger partial charge < -0.3 is 15.4 Å². The van der Waals surface area contributed by atoms with Gasteiger partial charge in [0, 0.05) is 11.3 Å². The van der Waals surface area contributed by atoms with Crippen molar-refractivity contribution in [1.29, 1.82) is 0 Å². The van der Waals surface area contributed by atoms with E-state index < -0.39 is 0 Å². The maximum Gasteiger partial charge on any atom is 0.256 e. The predicted molar refractivity (Wildman–Crippen MR) is 113 cm³/mol. The third-order valence-corrected chi connectivity index (χ3v) is 4.64. The number of hydrogen-bond acceptors (Lipinski definition) is 6. The maximum absolute atomic E-state index is 12.1. The summed E-state index contributed by atoms with van der Waals surface area (Å²) >= 11 is 1.26. The van der Waals surface area contributed by atoms with Crippen LogP contribution < -0.4 is 15.4 Å². The number of benzene rings is 2. The van der Waals surface area contributed by atoms with Crippen molar-refractivity contribution in [3.05, 3.63) is 72.3 Å². The first-order valence-corrected chi connectivity index (χ1v) is 9.98. The van der Waals surface area contributed by atoms with Gasteiger partial charge in [-0.05, 0) is 55.5 Å². The third-order valence-electron chi connectivity index (χ3n) is 3.72. The number of nitrogens with one attached hydrogen (secondary N) is 2. The number of thioether (sulfide) groups is 1. The van der Waals surface area contributed by atoms with Crippen molar-refractivity contribution in [3.8, 4) is 5.75 Å². The van der Waals surface area contributed by atoms with Gasteiger partial charge in [-0.25, -0.2) is 0 Å². The Labute approximate surface area is 172 Å². The van der Waals surface area contributed by atoms with Gasteiger partial charge in [0.1, 0.15) is 10.8 Å². The van der Waals surface area contributed by atoms with E-state index in [0.717, 1.165) is 5.75 Å². The van der Waals surface area contributed by atoms with Crippen molar-refractivity contribution in [2.24, 2.45) is 0 Å². The second kappa shape index (κ2) is 10.2. The number of carbonyl (C=O) groups excluding carboxylic acids is 2. The quantitative estimate of drug-likeness (QED) is 0.550. The number of carbonyl (C=O) groups is 2. The van der Waals surface area contributed by atoms with Crippen LogP contribution in [0.15, 0.2) is 71.8 Å². The zero-order valence-corrected chi connectivity index (χ0v) is 16.6. The van der Waals surface area contributed by atoms with Crippen molar-refractivity contribution < 1.29 is 14.3 Å². The molecule has 0 saturated carbocycles. The van der Waals surface area contributed by atoms with Gasteiger partial charge in [0.05, 0.1) is 12.4 Å². The molecule has 0 fully saturated rings. The second-order valence-electron chi connectivity index (χ2n) is 5.87. The fourth-order valence-electron chi connectivity index (χ4n) is 2.38. The number of anilines is 2. The van der Waals surface area contributed by atoms with E-state index in [4.69, 9.17) is 4.74 Å². The molecule has 3 aromatic rings. The summed E-state index contributed by atoms with van der Waals surface area (Å²) in [7, 11) is 0. The monoisotopic (exact) mass is 408 g/mol. The first kappa shape index (κ1) is 20.3. The van der Waals surface area contributed by atoms with E-state index in [-0.39, 0.29) is 17.6 Å². The molecule has 29 heavy (non-hydrogen) atoms. The summed E-state index contributed by atoms with van der Waals surface area (Å²) in [6.07, 6.45) is 0. The SMILES string of the molecule is CCOc1ccc(NC(=O)CSc2ccc(NC(=O)c3ccccc3)nn2)cc1. The van der Waals surface area contributed by atoms with Crippen LogP contribution in [0.5, 0.6) is 5.75 Å². The molecule has 0 radical (unpaired) electrons. The smallest absolute Gasteiger partial charge is 0.256 e. The predicted octanol–water partition coefficient (Wildman–Crippen LogP) is 3.86. The minimum absolute atomic E-state index is 0.151. The van der Waals surface area contributed by atoms with Crippen LogP contribution in [-0.4, -0.2) is 34.4 Å². The normalized spacial score (nSPS) is 10.2. The van der Waals surface area contributed by atoms with E-state index in [1.807, 2.05) is 13.0 Å². The van der Waals surface area contributed by atoms with Crippen LogP contribution in [0.4, 0.5) is 11.5 Å². The number of ether oxygens (including phenoxy) is 1. The summed E-state index contributed by atoms with van der Waals surface area (Å²) in [4.78, 5) is 24.2. The van der Waals surface area contributed by atoms with Crippen molar-refractivity contribution >= 4 is 35.1 Å². The van der Waals surface area contributed by atoms with Crippen LogP contribution in [0.2, 0.25) is 0 Å². The molecule has 0 spiro atoms. The van der Waals surface area contributed by atoms with E-state index in [1.165, 1.54) is 11.8 Å². The van der Waals surface area contributed by atoms with Crippen molar-refractivity contribution in [3.63, 3.8) is 0 Å². The molecule has 0 aliphatic rings. The average Bonchev–Trinajstić information content (AvgIpc) is 2.75. The molecular formula is C21H20N4O3S. The highest BCUT2D eigenvalue weighted by molar-refractivity contribution is 7.99. The summed E-state index contributed by atoms with van der Waals surface area (Å²) in [6.45, 7) is 2.51. The zero-order chi connectivity index (χ0) is 20.5. The van der Waals surface area contributed by atoms with Gasteiger partial charge >= 0.3 is 0 Å². The number of aromatic nitrogens is 2. The summed E-state index contributed by atoms with van der Waals surface area (Å²) in [5.41, 5.74) is 1.24. The van der Waals surface area contributed by atoms with Crippen LogP contribution >= 0.6 is 11.8 Å². The van der Waals surface area contributed by atoms with Crippen molar-refractivity contribution in [2.75, 3.05) is 23.0 Å². The van der Waals surface area contributed by atoms with Gasteiger partial charge in [-0.1, -0.05) is 30.0 Å². The Morgan fingerprint density at radius 2 is 1.69 bits per heavy atom. The lowest BCUT2D eigenvalue weighted by Crippen LogP contribution is -2.14. The molecule has 2 N–H and O–H groups in total. The molecule has 1 heterocycles. The van der Waals surface area contributed by atoms with E-state index in [2.05, 4.69) is 20.8 Å². The van der Waals surface area contributed by atoms with E-state index in [0.29, 0.717) is 28.7 Å². The molecule has 8 heteroatoms. The largest absolute Gasteiger partial charge is 0.494 e. The lowest BCUT2D eigenvalue weighted by atomic mass is 10.2. The van der Waals surface area contributed by atoms with Gasteiger partial charge in [0.25, 0.3) is 5.91 Å². The standard InChI is InChI=1S/C21H20N4O3S/c1-2-28-17-10-8-16(9-11-17)22-19(26)14-29-20-13-12-18(24-25-20)23-21(27)15-6-4-3-5-7-15/h3-13H,2,14H2,1H3,(H,22,26)(H,23,24,27). The van der Waals surface area contributed by atoms with E-state index in [9.17, 15) is 9.59 Å². The minimum atomic E-state index is -0.255. The molecule has 148 valence electrons. The Balaban J connectivity index is 1.47. The number of amides is 2. The lowest BCUT2D eigenvalue weighted by Gasteiger charge is -2.07. The number of hydrogen-bond donors (Lipinski definition) is 2. The molecule has 2 amide bonds. The average molecular weight is 408 g/mol. The van der Waals surface area contributed by atoms with Gasteiger partial charge in [0.15, 0.2) is 5.82 Å². The highest BCUT2D eigenvalue weighted by atomic mass is 32.2. The fourth-order valence-corrected chi connectivity index (χ4v) is 2.99. The zero-order valence-electron chi connectivity index (χ0n) is 15.8. The highest BCUT2D eigenvalue weighted by Gasteiger charge is 2.08. The number of rotatable bonds is 8.